The second kappa shape index (κ2) is 8.43. The van der Waals surface area contributed by atoms with Gasteiger partial charge in [-0.25, -0.2) is 8.78 Å². The van der Waals surface area contributed by atoms with Crippen LogP contribution in [0.2, 0.25) is 0 Å². The summed E-state index contributed by atoms with van der Waals surface area (Å²) in [5.74, 6) is -0.723. The molecule has 0 aliphatic rings. The largest absolute Gasteiger partial charge is 1.00 e. The molecule has 3 aromatic rings. The summed E-state index contributed by atoms with van der Waals surface area (Å²) in [5.41, 5.74) is 0. The van der Waals surface area contributed by atoms with Crippen molar-refractivity contribution in [3.63, 3.8) is 0 Å². The number of hydrogen-bond acceptors (Lipinski definition) is 2. The number of rotatable bonds is 4. The third-order valence-electron chi connectivity index (χ3n) is 3.56. The third kappa shape index (κ3) is 4.79. The zero-order valence-electron chi connectivity index (χ0n) is 14.8. The molecule has 0 saturated carbocycles. The first-order valence-corrected chi connectivity index (χ1v) is 10.0. The predicted octanol–water partition coefficient (Wildman–Crippen LogP) is 0.0862. The van der Waals surface area contributed by atoms with Crippen LogP contribution in [0.15, 0.2) is 77.7 Å². The summed E-state index contributed by atoms with van der Waals surface area (Å²) in [6.07, 6.45) is 0. The molecule has 0 aromatic heterocycles. The van der Waals surface area contributed by atoms with Crippen LogP contribution in [0.25, 0.3) is 0 Å². The van der Waals surface area contributed by atoms with Gasteiger partial charge in [-0.3, -0.25) is 4.55 Å². The number of hydrogen-bond donors (Lipinski definition) is 1. The molecular weight excluding hydrogens is 372 g/mol. The second-order valence-electron chi connectivity index (χ2n) is 5.26. The van der Waals surface area contributed by atoms with E-state index in [9.17, 15) is 17.2 Å². The average Bonchev–Trinajstić information content (AvgIpc) is 2.58. The van der Waals surface area contributed by atoms with Gasteiger partial charge < -0.3 is 1.43 Å². The second-order valence-corrected chi connectivity index (χ2v) is 8.90. The maximum Gasteiger partial charge on any atom is 1.00 e. The Morgan fingerprint density at radius 3 is 1.31 bits per heavy atom. The minimum atomic E-state index is -4.28. The van der Waals surface area contributed by atoms with E-state index in [0.717, 1.165) is 15.9 Å². The Kier molecular flexibility index (Phi) is 6.73. The van der Waals surface area contributed by atoms with Gasteiger partial charge >= 0.3 is 18.9 Å². The molecule has 1 N–H and O–H groups in total. The van der Waals surface area contributed by atoms with Crippen LogP contribution >= 0.6 is 7.92 Å². The van der Waals surface area contributed by atoms with Gasteiger partial charge in [0.1, 0.15) is 11.6 Å². The van der Waals surface area contributed by atoms with Gasteiger partial charge in [0.15, 0.2) is 0 Å². The normalized spacial score (nSPS) is 11.2. The quantitative estimate of drug-likeness (QED) is 0.393. The van der Waals surface area contributed by atoms with Crippen LogP contribution in [-0.4, -0.2) is 13.0 Å². The molecule has 0 amide bonds. The molecule has 0 atom stereocenters. The van der Waals surface area contributed by atoms with E-state index in [1.807, 2.05) is 0 Å². The van der Waals surface area contributed by atoms with Gasteiger partial charge in [-0.2, -0.15) is 8.42 Å². The SMILES string of the molecule is O=S(=O)(O)c1ccc(P(c2ccc(F)cc2)c2ccc(F)cc2)cc1.[H-].[Li+]. The van der Waals surface area contributed by atoms with Crippen molar-refractivity contribution in [1.29, 1.82) is 0 Å². The molecule has 0 aliphatic carbocycles. The molecule has 8 heteroatoms. The van der Waals surface area contributed by atoms with Crippen molar-refractivity contribution >= 4 is 34.0 Å². The van der Waals surface area contributed by atoms with E-state index in [4.69, 9.17) is 4.55 Å². The average molecular weight is 386 g/mol. The minimum Gasteiger partial charge on any atom is -1.00 e. The molecule has 0 aliphatic heterocycles. The minimum absolute atomic E-state index is 0. The Morgan fingerprint density at radius 1 is 0.692 bits per heavy atom. The first-order chi connectivity index (χ1) is 11.8. The van der Waals surface area contributed by atoms with Gasteiger partial charge in [-0.05, 0) is 60.2 Å². The summed E-state index contributed by atoms with van der Waals surface area (Å²) in [5, 5.41) is 2.46. The Balaban J connectivity index is 0.00000182. The molecule has 3 nitrogen and oxygen atoms in total. The third-order valence-corrected chi connectivity index (χ3v) is 6.87. The first-order valence-electron chi connectivity index (χ1n) is 7.23. The van der Waals surface area contributed by atoms with E-state index in [0.29, 0.717) is 0 Å². The molecule has 0 spiro atoms. The van der Waals surface area contributed by atoms with E-state index in [-0.39, 0.29) is 36.8 Å². The zero-order chi connectivity index (χ0) is 18.0. The fourth-order valence-electron chi connectivity index (χ4n) is 2.39. The van der Waals surface area contributed by atoms with Crippen LogP contribution < -0.4 is 34.8 Å². The van der Waals surface area contributed by atoms with E-state index >= 15 is 0 Å². The van der Waals surface area contributed by atoms with Gasteiger partial charge in [-0.1, -0.05) is 36.4 Å². The molecule has 0 saturated heterocycles. The molecule has 0 bridgehead atoms. The van der Waals surface area contributed by atoms with Gasteiger partial charge in [0, 0.05) is 0 Å². The molecule has 0 fully saturated rings. The summed E-state index contributed by atoms with van der Waals surface area (Å²) >= 11 is 0. The van der Waals surface area contributed by atoms with Gasteiger partial charge in [-0.15, -0.1) is 0 Å². The monoisotopic (exact) mass is 386 g/mol. The van der Waals surface area contributed by atoms with Crippen molar-refractivity contribution in [2.45, 2.75) is 4.90 Å². The van der Waals surface area contributed by atoms with Crippen LogP contribution in [0.3, 0.4) is 0 Å². The maximum atomic E-state index is 13.3. The topological polar surface area (TPSA) is 54.4 Å². The van der Waals surface area contributed by atoms with Crippen molar-refractivity contribution in [3.05, 3.63) is 84.4 Å². The number of halogens is 2. The van der Waals surface area contributed by atoms with Gasteiger partial charge in [0.2, 0.25) is 0 Å². The number of benzene rings is 3. The Hall–Kier alpha value is -1.54. The van der Waals surface area contributed by atoms with Crippen molar-refractivity contribution in [2.75, 3.05) is 0 Å². The first kappa shape index (κ1) is 20.8. The summed E-state index contributed by atoms with van der Waals surface area (Å²) in [6, 6.07) is 17.8. The van der Waals surface area contributed by atoms with E-state index < -0.39 is 18.0 Å². The molecule has 26 heavy (non-hydrogen) atoms. The van der Waals surface area contributed by atoms with Crippen LogP contribution in [0.4, 0.5) is 8.78 Å². The van der Waals surface area contributed by atoms with Crippen molar-refractivity contribution in [1.82, 2.24) is 0 Å². The molecule has 0 unspecified atom stereocenters. The van der Waals surface area contributed by atoms with Crippen LogP contribution in [0, 0.1) is 11.6 Å². The standard InChI is InChI=1S/C18H13F2O3PS.Li.H/c19-13-1-5-15(6-2-13)24(16-7-3-14(20)4-8-16)17-9-11-18(12-10-17)25(21,22)23;;/h1-12H,(H,21,22,23);;/q;+1;-1. The molecule has 0 radical (unpaired) electrons. The Labute approximate surface area is 165 Å². The summed E-state index contributed by atoms with van der Waals surface area (Å²) < 4.78 is 58.0. The zero-order valence-corrected chi connectivity index (χ0v) is 15.5. The van der Waals surface area contributed by atoms with Crippen LogP contribution in [-0.2, 0) is 10.1 Å². The van der Waals surface area contributed by atoms with Gasteiger partial charge in [0.25, 0.3) is 10.1 Å². The Morgan fingerprint density at radius 2 is 1.00 bits per heavy atom. The van der Waals surface area contributed by atoms with Crippen molar-refractivity contribution < 1.29 is 42.0 Å². The molecule has 0 heterocycles. The van der Waals surface area contributed by atoms with Crippen LogP contribution in [0.5, 0.6) is 0 Å². The van der Waals surface area contributed by atoms with E-state index in [1.54, 1.807) is 36.4 Å². The van der Waals surface area contributed by atoms with Crippen molar-refractivity contribution in [2.24, 2.45) is 0 Å². The molecule has 130 valence electrons. The molecular formula is C18H14F2LiO3PS. The summed E-state index contributed by atoms with van der Waals surface area (Å²) in [7, 11) is -5.41. The van der Waals surface area contributed by atoms with Crippen LogP contribution in [0.1, 0.15) is 1.43 Å². The summed E-state index contributed by atoms with van der Waals surface area (Å²) in [4.78, 5) is -0.204. The molecule has 3 aromatic carbocycles. The Bertz CT molecular complexity index is 937. The predicted molar refractivity (Wildman–Crippen MR) is 96.0 cm³/mol. The van der Waals surface area contributed by atoms with Crippen molar-refractivity contribution in [3.8, 4) is 0 Å². The summed E-state index contributed by atoms with van der Waals surface area (Å²) in [6.45, 7) is 0. The van der Waals surface area contributed by atoms with E-state index in [1.165, 1.54) is 36.4 Å². The van der Waals surface area contributed by atoms with E-state index in [2.05, 4.69) is 0 Å². The maximum absolute atomic E-state index is 13.3. The molecule has 3 rings (SSSR count). The smallest absolute Gasteiger partial charge is 1.00 e. The fraction of sp³-hybridized carbons (Fsp3) is 0. The fourth-order valence-corrected chi connectivity index (χ4v) is 5.11. The van der Waals surface area contributed by atoms with Gasteiger partial charge in [0.05, 0.1) is 4.90 Å².